The molecule has 0 bridgehead atoms. The lowest BCUT2D eigenvalue weighted by Crippen LogP contribution is -2.31. The lowest BCUT2D eigenvalue weighted by molar-refractivity contribution is -0.138. The number of carboxylic acids is 1. The minimum atomic E-state index is -0.854. The molecule has 17 heavy (non-hydrogen) atoms. The van der Waals surface area contributed by atoms with Crippen molar-refractivity contribution in [2.75, 3.05) is 5.32 Å². The average molecular weight is 302 g/mol. The van der Waals surface area contributed by atoms with E-state index in [2.05, 4.69) is 21.2 Å². The van der Waals surface area contributed by atoms with Crippen molar-refractivity contribution in [3.8, 4) is 0 Å². The summed E-state index contributed by atoms with van der Waals surface area (Å²) in [5.74, 6) is -1.01. The number of halogens is 2. The van der Waals surface area contributed by atoms with E-state index in [0.29, 0.717) is 15.7 Å². The van der Waals surface area contributed by atoms with Gasteiger partial charge in [0.05, 0.1) is 4.47 Å². The van der Waals surface area contributed by atoms with Crippen molar-refractivity contribution in [3.05, 3.63) is 28.0 Å². The fourth-order valence-corrected chi connectivity index (χ4v) is 2.12. The van der Waals surface area contributed by atoms with Gasteiger partial charge in [0.15, 0.2) is 0 Å². The highest BCUT2D eigenvalue weighted by atomic mass is 79.9. The number of rotatable bonds is 4. The lowest BCUT2D eigenvalue weighted by Gasteiger charge is -2.17. The van der Waals surface area contributed by atoms with Gasteiger partial charge < -0.3 is 10.4 Å². The molecule has 1 atom stereocenters. The van der Waals surface area contributed by atoms with E-state index in [1.54, 1.807) is 13.0 Å². The molecule has 0 spiro atoms. The minimum Gasteiger partial charge on any atom is -0.480 e. The van der Waals surface area contributed by atoms with E-state index in [9.17, 15) is 9.18 Å². The van der Waals surface area contributed by atoms with Crippen LogP contribution < -0.4 is 5.32 Å². The molecule has 1 aromatic carbocycles. The van der Waals surface area contributed by atoms with Gasteiger partial charge in [0.1, 0.15) is 11.9 Å². The molecule has 1 fully saturated rings. The Morgan fingerprint density at radius 2 is 2.24 bits per heavy atom. The van der Waals surface area contributed by atoms with Crippen LogP contribution in [0.4, 0.5) is 10.1 Å². The zero-order valence-corrected chi connectivity index (χ0v) is 10.9. The summed E-state index contributed by atoms with van der Waals surface area (Å²) in [5, 5.41) is 12.1. The Kier molecular flexibility index (Phi) is 3.38. The SMILES string of the molecule is Cc1cc(F)c(Br)cc1NC(C(=O)O)C1CC1. The maximum atomic E-state index is 13.2. The van der Waals surface area contributed by atoms with E-state index in [-0.39, 0.29) is 11.7 Å². The smallest absolute Gasteiger partial charge is 0.326 e. The number of aliphatic carboxylic acids is 1. The zero-order chi connectivity index (χ0) is 12.6. The van der Waals surface area contributed by atoms with Crippen LogP contribution in [0, 0.1) is 18.7 Å². The van der Waals surface area contributed by atoms with Crippen LogP contribution in [0.15, 0.2) is 16.6 Å². The number of carbonyl (C=O) groups is 1. The van der Waals surface area contributed by atoms with Crippen molar-refractivity contribution in [2.45, 2.75) is 25.8 Å². The fraction of sp³-hybridized carbons (Fsp3) is 0.417. The number of aryl methyl sites for hydroxylation is 1. The number of benzene rings is 1. The Hall–Kier alpha value is -1.10. The molecule has 1 aliphatic rings. The van der Waals surface area contributed by atoms with Crippen molar-refractivity contribution in [1.82, 2.24) is 0 Å². The highest BCUT2D eigenvalue weighted by molar-refractivity contribution is 9.10. The molecule has 0 saturated heterocycles. The minimum absolute atomic E-state index is 0.190. The molecule has 0 aromatic heterocycles. The van der Waals surface area contributed by atoms with Gasteiger partial charge in [-0.3, -0.25) is 0 Å². The summed E-state index contributed by atoms with van der Waals surface area (Å²) in [7, 11) is 0. The second-order valence-corrected chi connectivity index (χ2v) is 5.23. The molecule has 2 rings (SSSR count). The first-order valence-electron chi connectivity index (χ1n) is 5.44. The van der Waals surface area contributed by atoms with Gasteiger partial charge in [0, 0.05) is 5.69 Å². The second-order valence-electron chi connectivity index (χ2n) is 4.38. The molecule has 5 heteroatoms. The molecule has 1 unspecified atom stereocenters. The van der Waals surface area contributed by atoms with Crippen molar-refractivity contribution < 1.29 is 14.3 Å². The number of anilines is 1. The molecule has 3 nitrogen and oxygen atoms in total. The predicted octanol–water partition coefficient (Wildman–Crippen LogP) is 3.17. The zero-order valence-electron chi connectivity index (χ0n) is 9.34. The highest BCUT2D eigenvalue weighted by Crippen LogP contribution is 2.35. The first-order chi connectivity index (χ1) is 7.99. The second kappa shape index (κ2) is 4.64. The van der Waals surface area contributed by atoms with Crippen molar-refractivity contribution in [2.24, 2.45) is 5.92 Å². The van der Waals surface area contributed by atoms with Crippen LogP contribution >= 0.6 is 15.9 Å². The Bertz CT molecular complexity index is 460. The van der Waals surface area contributed by atoms with Crippen LogP contribution in [0.3, 0.4) is 0 Å². The summed E-state index contributed by atoms with van der Waals surface area (Å²) in [4.78, 5) is 11.1. The number of hydrogen-bond acceptors (Lipinski definition) is 2. The first-order valence-corrected chi connectivity index (χ1v) is 6.23. The summed E-state index contributed by atoms with van der Waals surface area (Å²) in [6, 6.07) is 2.40. The molecule has 1 aromatic rings. The van der Waals surface area contributed by atoms with Gasteiger partial charge in [-0.1, -0.05) is 0 Å². The summed E-state index contributed by atoms with van der Waals surface area (Å²) >= 11 is 3.10. The Balaban J connectivity index is 2.22. The standard InChI is InChI=1S/C12H13BrFNO2/c1-6-4-9(14)8(13)5-10(6)15-11(12(16)17)7-2-3-7/h4-5,7,11,15H,2-3H2,1H3,(H,16,17). The van der Waals surface area contributed by atoms with E-state index in [1.807, 2.05) is 0 Å². The number of hydrogen-bond donors (Lipinski definition) is 2. The van der Waals surface area contributed by atoms with E-state index in [0.717, 1.165) is 12.8 Å². The molecule has 0 heterocycles. The largest absolute Gasteiger partial charge is 0.480 e. The summed E-state index contributed by atoms with van der Waals surface area (Å²) < 4.78 is 13.6. The van der Waals surface area contributed by atoms with Gasteiger partial charge in [0.2, 0.25) is 0 Å². The lowest BCUT2D eigenvalue weighted by atomic mass is 10.1. The van der Waals surface area contributed by atoms with Gasteiger partial charge in [0.25, 0.3) is 0 Å². The molecular weight excluding hydrogens is 289 g/mol. The molecule has 92 valence electrons. The monoisotopic (exact) mass is 301 g/mol. The molecule has 0 amide bonds. The Labute approximate surface area is 107 Å². The molecule has 0 radical (unpaired) electrons. The molecule has 1 aliphatic carbocycles. The third kappa shape index (κ3) is 2.77. The van der Waals surface area contributed by atoms with Crippen molar-refractivity contribution >= 4 is 27.6 Å². The van der Waals surface area contributed by atoms with Gasteiger partial charge in [-0.05, 0) is 59.3 Å². The highest BCUT2D eigenvalue weighted by Gasteiger charge is 2.36. The van der Waals surface area contributed by atoms with E-state index < -0.39 is 12.0 Å². The van der Waals surface area contributed by atoms with Gasteiger partial charge in [-0.2, -0.15) is 0 Å². The number of nitrogens with one attached hydrogen (secondary N) is 1. The summed E-state index contributed by atoms with van der Waals surface area (Å²) in [5.41, 5.74) is 1.37. The molecule has 2 N–H and O–H groups in total. The quantitative estimate of drug-likeness (QED) is 0.898. The van der Waals surface area contributed by atoms with Gasteiger partial charge >= 0.3 is 5.97 Å². The van der Waals surface area contributed by atoms with Gasteiger partial charge in [-0.15, -0.1) is 0 Å². The fourth-order valence-electron chi connectivity index (χ4n) is 1.78. The van der Waals surface area contributed by atoms with Crippen LogP contribution in [0.5, 0.6) is 0 Å². The van der Waals surface area contributed by atoms with Gasteiger partial charge in [-0.25, -0.2) is 9.18 Å². The van der Waals surface area contributed by atoms with E-state index >= 15 is 0 Å². The van der Waals surface area contributed by atoms with Crippen molar-refractivity contribution in [3.63, 3.8) is 0 Å². The van der Waals surface area contributed by atoms with E-state index in [4.69, 9.17) is 5.11 Å². The Morgan fingerprint density at radius 3 is 2.76 bits per heavy atom. The topological polar surface area (TPSA) is 49.3 Å². The average Bonchev–Trinajstić information content (AvgIpc) is 3.04. The van der Waals surface area contributed by atoms with Crippen LogP contribution in [-0.2, 0) is 4.79 Å². The normalized spacial score (nSPS) is 16.6. The maximum Gasteiger partial charge on any atom is 0.326 e. The van der Waals surface area contributed by atoms with Crippen LogP contribution in [-0.4, -0.2) is 17.1 Å². The van der Waals surface area contributed by atoms with Crippen LogP contribution in [0.2, 0.25) is 0 Å². The Morgan fingerprint density at radius 1 is 1.59 bits per heavy atom. The van der Waals surface area contributed by atoms with Crippen LogP contribution in [0.1, 0.15) is 18.4 Å². The first kappa shape index (κ1) is 12.4. The molecule has 0 aliphatic heterocycles. The summed E-state index contributed by atoms with van der Waals surface area (Å²) in [6.07, 6.45) is 1.87. The maximum absolute atomic E-state index is 13.2. The van der Waals surface area contributed by atoms with E-state index in [1.165, 1.54) is 6.07 Å². The molecule has 1 saturated carbocycles. The number of carboxylic acid groups (broad SMARTS) is 1. The summed E-state index contributed by atoms with van der Waals surface area (Å²) in [6.45, 7) is 1.75. The predicted molar refractivity (Wildman–Crippen MR) is 66.6 cm³/mol. The van der Waals surface area contributed by atoms with Crippen molar-refractivity contribution in [1.29, 1.82) is 0 Å². The van der Waals surface area contributed by atoms with Crippen LogP contribution in [0.25, 0.3) is 0 Å². The molecular formula is C12H13BrFNO2. The third-order valence-corrected chi connectivity index (χ3v) is 3.55. The third-order valence-electron chi connectivity index (χ3n) is 2.94.